The molecule has 0 aromatic heterocycles. The molecular formula is C15H32N4O2. The van der Waals surface area contributed by atoms with Gasteiger partial charge in [-0.1, -0.05) is 6.92 Å². The Bertz CT molecular complexity index is 322. The summed E-state index contributed by atoms with van der Waals surface area (Å²) in [5, 5.41) is 2.91. The maximum atomic E-state index is 11.9. The number of carbonyl (C=O) groups is 1. The fraction of sp³-hybridized carbons (Fsp3) is 0.933. The molecule has 0 saturated carbocycles. The van der Waals surface area contributed by atoms with Crippen molar-refractivity contribution in [2.75, 3.05) is 39.3 Å². The Hall–Kier alpha value is -0.850. The highest BCUT2D eigenvalue weighted by molar-refractivity contribution is 5.68. The van der Waals surface area contributed by atoms with Gasteiger partial charge in [-0.05, 0) is 34.2 Å². The number of amides is 1. The van der Waals surface area contributed by atoms with Gasteiger partial charge in [0.05, 0.1) is 0 Å². The zero-order valence-electron chi connectivity index (χ0n) is 14.2. The van der Waals surface area contributed by atoms with E-state index in [4.69, 9.17) is 10.5 Å². The quantitative estimate of drug-likeness (QED) is 0.788. The number of nitrogens with one attached hydrogen (secondary N) is 1. The topological polar surface area (TPSA) is 70.8 Å². The van der Waals surface area contributed by atoms with Crippen LogP contribution in [0.15, 0.2) is 0 Å². The summed E-state index contributed by atoms with van der Waals surface area (Å²) in [5.41, 5.74) is 5.45. The maximum Gasteiger partial charge on any atom is 0.407 e. The van der Waals surface area contributed by atoms with E-state index in [1.807, 2.05) is 27.7 Å². The highest BCUT2D eigenvalue weighted by atomic mass is 16.6. The molecular weight excluding hydrogens is 268 g/mol. The number of carbonyl (C=O) groups excluding carboxylic acids is 1. The number of hydrogen-bond donors (Lipinski definition) is 2. The fourth-order valence-electron chi connectivity index (χ4n) is 2.67. The van der Waals surface area contributed by atoms with Gasteiger partial charge in [0.2, 0.25) is 0 Å². The number of nitrogens with two attached hydrogens (primary N) is 1. The second-order valence-corrected chi connectivity index (χ2v) is 6.71. The standard InChI is InChI=1S/C15H32N4O2/c1-6-18-7-9-19(10-8-18)13(11-16)12(2)17-14(20)21-15(3,4)5/h12-13H,6-11,16H2,1-5H3,(H,17,20). The third-order valence-corrected chi connectivity index (χ3v) is 3.89. The van der Waals surface area contributed by atoms with Gasteiger partial charge in [-0.15, -0.1) is 0 Å². The number of hydrogen-bond acceptors (Lipinski definition) is 5. The number of alkyl carbamates (subject to hydrolysis) is 1. The van der Waals surface area contributed by atoms with Crippen LogP contribution in [-0.4, -0.2) is 72.8 Å². The van der Waals surface area contributed by atoms with Crippen molar-refractivity contribution in [2.45, 2.75) is 52.3 Å². The van der Waals surface area contributed by atoms with Crippen LogP contribution in [-0.2, 0) is 4.74 Å². The third-order valence-electron chi connectivity index (χ3n) is 3.89. The Labute approximate surface area is 129 Å². The summed E-state index contributed by atoms with van der Waals surface area (Å²) in [6.45, 7) is 15.5. The minimum Gasteiger partial charge on any atom is -0.444 e. The molecule has 0 aromatic rings. The predicted octanol–water partition coefficient (Wildman–Crippen LogP) is 0.864. The maximum absolute atomic E-state index is 11.9. The van der Waals surface area contributed by atoms with Crippen molar-refractivity contribution >= 4 is 6.09 Å². The van der Waals surface area contributed by atoms with Gasteiger partial charge < -0.3 is 20.7 Å². The summed E-state index contributed by atoms with van der Waals surface area (Å²) in [4.78, 5) is 16.7. The van der Waals surface area contributed by atoms with Gasteiger partial charge in [-0.25, -0.2) is 4.79 Å². The monoisotopic (exact) mass is 300 g/mol. The Morgan fingerprint density at radius 3 is 2.29 bits per heavy atom. The molecule has 1 amide bonds. The lowest BCUT2D eigenvalue weighted by molar-refractivity contribution is 0.0433. The zero-order valence-corrected chi connectivity index (χ0v) is 14.2. The first-order valence-electron chi connectivity index (χ1n) is 7.92. The number of nitrogens with zero attached hydrogens (tertiary/aromatic N) is 2. The molecule has 124 valence electrons. The predicted molar refractivity (Wildman–Crippen MR) is 85.4 cm³/mol. The van der Waals surface area contributed by atoms with Gasteiger partial charge in [0.15, 0.2) is 0 Å². The first-order valence-corrected chi connectivity index (χ1v) is 7.92. The summed E-state index contributed by atoms with van der Waals surface area (Å²) in [6, 6.07) is 0.120. The van der Waals surface area contributed by atoms with Crippen molar-refractivity contribution in [3.63, 3.8) is 0 Å². The van der Waals surface area contributed by atoms with E-state index in [-0.39, 0.29) is 18.2 Å². The first-order chi connectivity index (χ1) is 9.76. The van der Waals surface area contributed by atoms with E-state index in [0.717, 1.165) is 32.7 Å². The van der Waals surface area contributed by atoms with Crippen LogP contribution < -0.4 is 11.1 Å². The van der Waals surface area contributed by atoms with Gasteiger partial charge in [-0.2, -0.15) is 0 Å². The largest absolute Gasteiger partial charge is 0.444 e. The van der Waals surface area contributed by atoms with Crippen LogP contribution in [0.5, 0.6) is 0 Å². The van der Waals surface area contributed by atoms with E-state index in [9.17, 15) is 4.79 Å². The van der Waals surface area contributed by atoms with Gasteiger partial charge >= 0.3 is 6.09 Å². The molecule has 0 radical (unpaired) electrons. The Morgan fingerprint density at radius 2 is 1.86 bits per heavy atom. The Balaban J connectivity index is 2.50. The molecule has 6 nitrogen and oxygen atoms in total. The van der Waals surface area contributed by atoms with Crippen LogP contribution >= 0.6 is 0 Å². The lowest BCUT2D eigenvalue weighted by Crippen LogP contribution is -2.59. The molecule has 1 heterocycles. The second kappa shape index (κ2) is 7.96. The molecule has 2 unspecified atom stereocenters. The van der Waals surface area contributed by atoms with Gasteiger partial charge in [0.25, 0.3) is 0 Å². The van der Waals surface area contributed by atoms with E-state index in [2.05, 4.69) is 22.0 Å². The minimum absolute atomic E-state index is 0.0296. The van der Waals surface area contributed by atoms with Crippen molar-refractivity contribution < 1.29 is 9.53 Å². The van der Waals surface area contributed by atoms with Crippen molar-refractivity contribution in [1.82, 2.24) is 15.1 Å². The molecule has 2 atom stereocenters. The van der Waals surface area contributed by atoms with E-state index in [1.54, 1.807) is 0 Å². The number of piperazine rings is 1. The fourth-order valence-corrected chi connectivity index (χ4v) is 2.67. The molecule has 1 saturated heterocycles. The normalized spacial score (nSPS) is 20.9. The number of likely N-dealkylation sites (N-methyl/N-ethyl adjacent to an activating group) is 1. The highest BCUT2D eigenvalue weighted by Crippen LogP contribution is 2.11. The van der Waals surface area contributed by atoms with Gasteiger partial charge in [-0.3, -0.25) is 4.90 Å². The van der Waals surface area contributed by atoms with Crippen LogP contribution in [0.4, 0.5) is 4.79 Å². The van der Waals surface area contributed by atoms with Crippen molar-refractivity contribution in [3.8, 4) is 0 Å². The molecule has 1 rings (SSSR count). The van der Waals surface area contributed by atoms with E-state index >= 15 is 0 Å². The van der Waals surface area contributed by atoms with Crippen LogP contribution in [0, 0.1) is 0 Å². The molecule has 1 aliphatic rings. The first kappa shape index (κ1) is 18.2. The van der Waals surface area contributed by atoms with Crippen LogP contribution in [0.1, 0.15) is 34.6 Å². The average molecular weight is 300 g/mol. The van der Waals surface area contributed by atoms with Crippen molar-refractivity contribution in [1.29, 1.82) is 0 Å². The minimum atomic E-state index is -0.477. The lowest BCUT2D eigenvalue weighted by Gasteiger charge is -2.41. The molecule has 1 aliphatic heterocycles. The van der Waals surface area contributed by atoms with E-state index in [0.29, 0.717) is 6.54 Å². The van der Waals surface area contributed by atoms with E-state index in [1.165, 1.54) is 0 Å². The van der Waals surface area contributed by atoms with Crippen LogP contribution in [0.2, 0.25) is 0 Å². The van der Waals surface area contributed by atoms with Gasteiger partial charge in [0.1, 0.15) is 5.60 Å². The molecule has 0 aliphatic carbocycles. The van der Waals surface area contributed by atoms with Crippen LogP contribution in [0.3, 0.4) is 0 Å². The number of rotatable bonds is 5. The zero-order chi connectivity index (χ0) is 16.0. The Kier molecular flexibility index (Phi) is 6.90. The summed E-state index contributed by atoms with van der Waals surface area (Å²) in [5.74, 6) is 0. The molecule has 0 spiro atoms. The van der Waals surface area contributed by atoms with Crippen molar-refractivity contribution in [3.05, 3.63) is 0 Å². The lowest BCUT2D eigenvalue weighted by atomic mass is 10.1. The number of ether oxygens (including phenoxy) is 1. The van der Waals surface area contributed by atoms with Crippen LogP contribution in [0.25, 0.3) is 0 Å². The average Bonchev–Trinajstić information content (AvgIpc) is 2.38. The third kappa shape index (κ3) is 6.20. The summed E-state index contributed by atoms with van der Waals surface area (Å²) in [7, 11) is 0. The van der Waals surface area contributed by atoms with Crippen molar-refractivity contribution in [2.24, 2.45) is 5.73 Å². The summed E-state index contributed by atoms with van der Waals surface area (Å²) >= 11 is 0. The molecule has 0 bridgehead atoms. The SMILES string of the molecule is CCN1CCN(C(CN)C(C)NC(=O)OC(C)(C)C)CC1. The second-order valence-electron chi connectivity index (χ2n) is 6.71. The highest BCUT2D eigenvalue weighted by Gasteiger charge is 2.28. The molecule has 1 fully saturated rings. The van der Waals surface area contributed by atoms with Gasteiger partial charge in [0, 0.05) is 44.8 Å². The smallest absolute Gasteiger partial charge is 0.407 e. The molecule has 21 heavy (non-hydrogen) atoms. The Morgan fingerprint density at radius 1 is 1.29 bits per heavy atom. The molecule has 0 aromatic carbocycles. The molecule has 3 N–H and O–H groups in total. The summed E-state index contributed by atoms with van der Waals surface area (Å²) in [6.07, 6.45) is -0.374. The molecule has 6 heteroatoms. The summed E-state index contributed by atoms with van der Waals surface area (Å²) < 4.78 is 5.31. The van der Waals surface area contributed by atoms with E-state index < -0.39 is 5.60 Å².